The van der Waals surface area contributed by atoms with Gasteiger partial charge in [-0.15, -0.1) is 0 Å². The molecule has 8 nitrogen and oxygen atoms in total. The Bertz CT molecular complexity index is 747. The first kappa shape index (κ1) is 18.7. The topological polar surface area (TPSA) is 86.3 Å². The number of hydrogen-bond acceptors (Lipinski definition) is 5. The highest BCUT2D eigenvalue weighted by molar-refractivity contribution is 6.39. The molecule has 150 valence electrons. The first-order valence-electron chi connectivity index (χ1n) is 10.0. The molecular formula is C20H27N5O3. The monoisotopic (exact) mass is 385 g/mol. The Kier molecular flexibility index (Phi) is 5.47. The number of benzene rings is 1. The molecule has 1 spiro atoms. The largest absolute Gasteiger partial charge is 0.386 e. The van der Waals surface area contributed by atoms with Crippen LogP contribution in [0.25, 0.3) is 0 Å². The number of hydrogen-bond donors (Lipinski definition) is 2. The maximum Gasteiger partial charge on any atom is 0.321 e. The average molecular weight is 385 g/mol. The maximum absolute atomic E-state index is 12.5. The average Bonchev–Trinajstić information content (AvgIpc) is 3.45. The Morgan fingerprint density at radius 3 is 2.71 bits per heavy atom. The summed E-state index contributed by atoms with van der Waals surface area (Å²) < 4.78 is 0. The summed E-state index contributed by atoms with van der Waals surface area (Å²) >= 11 is 0. The summed E-state index contributed by atoms with van der Waals surface area (Å²) in [6, 6.07) is 9.21. The van der Waals surface area contributed by atoms with Gasteiger partial charge in [0, 0.05) is 38.2 Å². The van der Waals surface area contributed by atoms with Crippen LogP contribution in [0.4, 0.5) is 10.5 Å². The van der Waals surface area contributed by atoms with Gasteiger partial charge in [0.2, 0.25) is 0 Å². The number of para-hydroxylation sites is 1. The molecule has 0 aliphatic carbocycles. The highest BCUT2D eigenvalue weighted by Gasteiger charge is 2.47. The first-order valence-corrected chi connectivity index (χ1v) is 10.0. The Balaban J connectivity index is 1.23. The molecule has 2 fully saturated rings. The fourth-order valence-electron chi connectivity index (χ4n) is 4.04. The van der Waals surface area contributed by atoms with Crippen LogP contribution < -0.4 is 10.6 Å². The smallest absolute Gasteiger partial charge is 0.321 e. The van der Waals surface area contributed by atoms with Crippen LogP contribution in [0.1, 0.15) is 25.7 Å². The standard InChI is InChI=1S/C20H27N5O3/c26-18(21-9-13-24-10-4-5-11-24)17-14-20(28-23-17)8-12-25(15-20)19(27)22-16-6-2-1-3-7-16/h1-3,6-7H,4-5,8-15H2,(H,21,26)(H,22,27). The lowest BCUT2D eigenvalue weighted by Crippen LogP contribution is -2.40. The SMILES string of the molecule is O=C(NCCN1CCCC1)C1=NOC2(CCN(C(=O)Nc3ccccc3)C2)C1. The van der Waals surface area contributed by atoms with Crippen LogP contribution in [0, 0.1) is 0 Å². The minimum Gasteiger partial charge on any atom is -0.386 e. The van der Waals surface area contributed by atoms with Crippen LogP contribution in [-0.4, -0.2) is 72.3 Å². The van der Waals surface area contributed by atoms with Crippen LogP contribution >= 0.6 is 0 Å². The zero-order chi connectivity index (χ0) is 19.4. The van der Waals surface area contributed by atoms with Crippen molar-refractivity contribution in [2.24, 2.45) is 5.16 Å². The van der Waals surface area contributed by atoms with Gasteiger partial charge in [0.05, 0.1) is 6.54 Å². The summed E-state index contributed by atoms with van der Waals surface area (Å²) in [6.07, 6.45) is 3.59. The van der Waals surface area contributed by atoms with Crippen LogP contribution in [0.15, 0.2) is 35.5 Å². The molecule has 3 aliphatic rings. The molecule has 1 aromatic rings. The van der Waals surface area contributed by atoms with Gasteiger partial charge in [-0.2, -0.15) is 0 Å². The second-order valence-corrected chi connectivity index (χ2v) is 7.76. The van der Waals surface area contributed by atoms with E-state index >= 15 is 0 Å². The molecular weight excluding hydrogens is 358 g/mol. The third kappa shape index (κ3) is 4.27. The molecule has 4 rings (SSSR count). The number of nitrogens with one attached hydrogen (secondary N) is 2. The first-order chi connectivity index (χ1) is 13.6. The molecule has 0 radical (unpaired) electrons. The van der Waals surface area contributed by atoms with Gasteiger partial charge in [-0.3, -0.25) is 4.79 Å². The number of rotatable bonds is 5. The number of oxime groups is 1. The van der Waals surface area contributed by atoms with Crippen LogP contribution in [0.2, 0.25) is 0 Å². The number of carbonyl (C=O) groups is 2. The molecule has 0 aromatic heterocycles. The molecule has 1 atom stereocenters. The van der Waals surface area contributed by atoms with Crippen molar-refractivity contribution in [1.29, 1.82) is 0 Å². The van der Waals surface area contributed by atoms with Crippen molar-refractivity contribution >= 4 is 23.3 Å². The summed E-state index contributed by atoms with van der Waals surface area (Å²) in [5.74, 6) is -0.164. The molecule has 3 aliphatic heterocycles. The Morgan fingerprint density at radius 1 is 1.14 bits per heavy atom. The third-order valence-corrected chi connectivity index (χ3v) is 5.64. The second-order valence-electron chi connectivity index (χ2n) is 7.76. The predicted octanol–water partition coefficient (Wildman–Crippen LogP) is 1.65. The van der Waals surface area contributed by atoms with Crippen LogP contribution in [0.5, 0.6) is 0 Å². The lowest BCUT2D eigenvalue weighted by atomic mass is 9.96. The van der Waals surface area contributed by atoms with Gasteiger partial charge < -0.3 is 25.3 Å². The predicted molar refractivity (Wildman–Crippen MR) is 106 cm³/mol. The van der Waals surface area contributed by atoms with E-state index in [0.717, 1.165) is 25.3 Å². The van der Waals surface area contributed by atoms with Gasteiger partial charge in [0.25, 0.3) is 5.91 Å². The number of amides is 3. The van der Waals surface area contributed by atoms with Gasteiger partial charge in [0.1, 0.15) is 5.71 Å². The van der Waals surface area contributed by atoms with Crippen molar-refractivity contribution in [3.8, 4) is 0 Å². The van der Waals surface area contributed by atoms with Gasteiger partial charge >= 0.3 is 6.03 Å². The lowest BCUT2D eigenvalue weighted by molar-refractivity contribution is -0.114. The number of likely N-dealkylation sites (tertiary alicyclic amines) is 2. The molecule has 28 heavy (non-hydrogen) atoms. The minimum atomic E-state index is -0.574. The fourth-order valence-corrected chi connectivity index (χ4v) is 4.04. The molecule has 1 unspecified atom stereocenters. The summed E-state index contributed by atoms with van der Waals surface area (Å²) in [6.45, 7) is 4.74. The highest BCUT2D eigenvalue weighted by Crippen LogP contribution is 2.34. The van der Waals surface area contributed by atoms with Crippen molar-refractivity contribution in [3.63, 3.8) is 0 Å². The van der Waals surface area contributed by atoms with Crippen LogP contribution in [0.3, 0.4) is 0 Å². The molecule has 8 heteroatoms. The van der Waals surface area contributed by atoms with E-state index in [1.54, 1.807) is 4.90 Å². The molecule has 2 saturated heterocycles. The Morgan fingerprint density at radius 2 is 1.93 bits per heavy atom. The zero-order valence-electron chi connectivity index (χ0n) is 16.0. The third-order valence-electron chi connectivity index (χ3n) is 5.64. The van der Waals surface area contributed by atoms with E-state index in [2.05, 4.69) is 20.7 Å². The molecule has 0 saturated carbocycles. The van der Waals surface area contributed by atoms with Gasteiger partial charge in [-0.25, -0.2) is 4.79 Å². The van der Waals surface area contributed by atoms with E-state index in [-0.39, 0.29) is 11.9 Å². The summed E-state index contributed by atoms with van der Waals surface area (Å²) in [7, 11) is 0. The van der Waals surface area contributed by atoms with Crippen LogP contribution in [-0.2, 0) is 9.63 Å². The molecule has 2 N–H and O–H groups in total. The summed E-state index contributed by atoms with van der Waals surface area (Å²) in [5.41, 5.74) is 0.609. The number of urea groups is 1. The lowest BCUT2D eigenvalue weighted by Gasteiger charge is -2.22. The van der Waals surface area contributed by atoms with E-state index in [9.17, 15) is 9.59 Å². The van der Waals surface area contributed by atoms with Crippen molar-refractivity contribution in [1.82, 2.24) is 15.1 Å². The van der Waals surface area contributed by atoms with Gasteiger partial charge in [0.15, 0.2) is 5.60 Å². The Labute approximate surface area is 164 Å². The fraction of sp³-hybridized carbons (Fsp3) is 0.550. The van der Waals surface area contributed by atoms with Crippen molar-refractivity contribution < 1.29 is 14.4 Å². The van der Waals surface area contributed by atoms with E-state index in [0.29, 0.717) is 38.2 Å². The molecule has 3 amide bonds. The van der Waals surface area contributed by atoms with E-state index < -0.39 is 5.60 Å². The normalized spacial score (nSPS) is 24.3. The van der Waals surface area contributed by atoms with Crippen molar-refractivity contribution in [2.75, 3.05) is 44.6 Å². The summed E-state index contributed by atoms with van der Waals surface area (Å²) in [5, 5.41) is 9.86. The van der Waals surface area contributed by atoms with E-state index in [1.165, 1.54) is 12.8 Å². The number of anilines is 1. The van der Waals surface area contributed by atoms with E-state index in [4.69, 9.17) is 4.84 Å². The quantitative estimate of drug-likeness (QED) is 0.807. The van der Waals surface area contributed by atoms with Gasteiger partial charge in [-0.1, -0.05) is 23.4 Å². The molecule has 0 bridgehead atoms. The minimum absolute atomic E-state index is 0.157. The molecule has 1 aromatic carbocycles. The van der Waals surface area contributed by atoms with E-state index in [1.807, 2.05) is 30.3 Å². The number of nitrogens with zero attached hydrogens (tertiary/aromatic N) is 3. The van der Waals surface area contributed by atoms with Gasteiger partial charge in [-0.05, 0) is 38.1 Å². The van der Waals surface area contributed by atoms with Crippen molar-refractivity contribution in [2.45, 2.75) is 31.3 Å². The number of carbonyl (C=O) groups excluding carboxylic acids is 2. The second kappa shape index (κ2) is 8.18. The Hall–Kier alpha value is -2.61. The zero-order valence-corrected chi connectivity index (χ0v) is 16.0. The van der Waals surface area contributed by atoms with Crippen molar-refractivity contribution in [3.05, 3.63) is 30.3 Å². The summed E-state index contributed by atoms with van der Waals surface area (Å²) in [4.78, 5) is 34.6. The maximum atomic E-state index is 12.5. The molecule has 3 heterocycles. The highest BCUT2D eigenvalue weighted by atomic mass is 16.7.